The van der Waals surface area contributed by atoms with Crippen molar-refractivity contribution in [3.63, 3.8) is 0 Å². The van der Waals surface area contributed by atoms with E-state index in [1.807, 2.05) is 0 Å². The summed E-state index contributed by atoms with van der Waals surface area (Å²) in [4.78, 5) is 18.3. The van der Waals surface area contributed by atoms with E-state index in [0.29, 0.717) is 6.54 Å². The van der Waals surface area contributed by atoms with Crippen molar-refractivity contribution in [3.05, 3.63) is 18.2 Å². The maximum Gasteiger partial charge on any atom is 0.325 e. The van der Waals surface area contributed by atoms with Gasteiger partial charge in [0, 0.05) is 12.4 Å². The molecular weight excluding hydrogens is 182 g/mol. The first-order valence-electron chi connectivity index (χ1n) is 4.38. The quantitative estimate of drug-likeness (QED) is 0.688. The minimum atomic E-state index is -0.693. The second kappa shape index (κ2) is 4.23. The van der Waals surface area contributed by atoms with Crippen molar-refractivity contribution in [2.75, 3.05) is 7.11 Å². The van der Waals surface area contributed by atoms with Gasteiger partial charge in [0.2, 0.25) is 0 Å². The number of hydrogen-bond acceptors (Lipinski definition) is 4. The van der Waals surface area contributed by atoms with Crippen LogP contribution in [0.3, 0.4) is 0 Å². The van der Waals surface area contributed by atoms with Gasteiger partial charge in [0.05, 0.1) is 13.7 Å². The molecule has 0 fully saturated rings. The Morgan fingerprint density at radius 1 is 1.71 bits per heavy atom. The molecule has 0 saturated carbocycles. The van der Waals surface area contributed by atoms with Gasteiger partial charge in [0.15, 0.2) is 0 Å². The van der Waals surface area contributed by atoms with Crippen LogP contribution in [0.4, 0.5) is 0 Å². The average Bonchev–Trinajstić information content (AvgIpc) is 2.66. The van der Waals surface area contributed by atoms with E-state index in [1.54, 1.807) is 26.2 Å². The van der Waals surface area contributed by atoms with Gasteiger partial charge in [0.25, 0.3) is 0 Å². The summed E-state index contributed by atoms with van der Waals surface area (Å²) in [7, 11) is 1.37. The van der Waals surface area contributed by atoms with E-state index in [9.17, 15) is 4.79 Å². The van der Waals surface area contributed by atoms with Crippen LogP contribution in [0.25, 0.3) is 0 Å². The van der Waals surface area contributed by atoms with Crippen molar-refractivity contribution < 1.29 is 9.53 Å². The minimum absolute atomic E-state index is 0.288. The lowest BCUT2D eigenvalue weighted by Gasteiger charge is -2.22. The molecule has 0 aliphatic heterocycles. The standard InChI is InChI=1S/C9H15N3O2/c1-9(2,8(13)14-3)12-6-7-10-4-5-11-7/h4-5,12H,6H2,1-3H3,(H,10,11). The highest BCUT2D eigenvalue weighted by Gasteiger charge is 2.27. The number of rotatable bonds is 4. The van der Waals surface area contributed by atoms with E-state index in [1.165, 1.54) is 7.11 Å². The average molecular weight is 197 g/mol. The fourth-order valence-corrected chi connectivity index (χ4v) is 1.03. The number of ether oxygens (including phenoxy) is 1. The van der Waals surface area contributed by atoms with Crippen molar-refractivity contribution in [1.82, 2.24) is 15.3 Å². The molecule has 0 aliphatic rings. The van der Waals surface area contributed by atoms with Crippen molar-refractivity contribution in [2.24, 2.45) is 0 Å². The Kier molecular flexibility index (Phi) is 3.24. The Labute approximate surface area is 82.9 Å². The molecule has 2 N–H and O–H groups in total. The van der Waals surface area contributed by atoms with E-state index >= 15 is 0 Å². The second-order valence-electron chi connectivity index (χ2n) is 3.51. The van der Waals surface area contributed by atoms with Crippen LogP contribution in [0.15, 0.2) is 12.4 Å². The molecule has 0 unspecified atom stereocenters. The third kappa shape index (κ3) is 2.56. The molecule has 1 aromatic heterocycles. The number of carbonyl (C=O) groups is 1. The van der Waals surface area contributed by atoms with Crippen LogP contribution in [-0.2, 0) is 16.1 Å². The second-order valence-corrected chi connectivity index (χ2v) is 3.51. The van der Waals surface area contributed by atoms with Crippen LogP contribution in [0.1, 0.15) is 19.7 Å². The van der Waals surface area contributed by atoms with Crippen LogP contribution in [-0.4, -0.2) is 28.6 Å². The minimum Gasteiger partial charge on any atom is -0.468 e. The number of nitrogens with one attached hydrogen (secondary N) is 2. The summed E-state index contributed by atoms with van der Waals surface area (Å²) in [5.41, 5.74) is -0.693. The lowest BCUT2D eigenvalue weighted by atomic mass is 10.1. The van der Waals surface area contributed by atoms with Gasteiger partial charge in [-0.2, -0.15) is 0 Å². The summed E-state index contributed by atoms with van der Waals surface area (Å²) in [6, 6.07) is 0. The van der Waals surface area contributed by atoms with E-state index in [2.05, 4.69) is 20.0 Å². The number of H-pyrrole nitrogens is 1. The summed E-state index contributed by atoms with van der Waals surface area (Å²) in [5.74, 6) is 0.506. The molecule has 1 aromatic rings. The summed E-state index contributed by atoms with van der Waals surface area (Å²) in [6.45, 7) is 4.04. The van der Waals surface area contributed by atoms with Gasteiger partial charge in [-0.05, 0) is 13.8 Å². The smallest absolute Gasteiger partial charge is 0.325 e. The van der Waals surface area contributed by atoms with Crippen LogP contribution in [0.2, 0.25) is 0 Å². The van der Waals surface area contributed by atoms with Crippen molar-refractivity contribution in [1.29, 1.82) is 0 Å². The van der Waals surface area contributed by atoms with Crippen LogP contribution >= 0.6 is 0 Å². The van der Waals surface area contributed by atoms with Gasteiger partial charge in [0.1, 0.15) is 11.4 Å². The number of methoxy groups -OCH3 is 1. The Bertz CT molecular complexity index is 293. The molecule has 0 radical (unpaired) electrons. The molecule has 78 valence electrons. The first kappa shape index (κ1) is 10.7. The van der Waals surface area contributed by atoms with Crippen molar-refractivity contribution in [3.8, 4) is 0 Å². The predicted molar refractivity (Wildman–Crippen MR) is 51.5 cm³/mol. The summed E-state index contributed by atoms with van der Waals surface area (Å²) in [6.07, 6.45) is 3.41. The SMILES string of the molecule is COC(=O)C(C)(C)NCc1ncc[nH]1. The molecule has 0 aliphatic carbocycles. The number of aromatic nitrogens is 2. The Morgan fingerprint density at radius 2 is 2.43 bits per heavy atom. The summed E-state index contributed by atoms with van der Waals surface area (Å²) >= 11 is 0. The molecule has 14 heavy (non-hydrogen) atoms. The van der Waals surface area contributed by atoms with Crippen molar-refractivity contribution >= 4 is 5.97 Å². The first-order chi connectivity index (χ1) is 6.56. The molecule has 0 atom stereocenters. The Hall–Kier alpha value is -1.36. The number of imidazole rings is 1. The fraction of sp³-hybridized carbons (Fsp3) is 0.556. The summed E-state index contributed by atoms with van der Waals surface area (Å²) < 4.78 is 4.65. The molecule has 5 nitrogen and oxygen atoms in total. The number of aromatic amines is 1. The largest absolute Gasteiger partial charge is 0.468 e. The fourth-order valence-electron chi connectivity index (χ4n) is 1.03. The van der Waals surface area contributed by atoms with Crippen molar-refractivity contribution in [2.45, 2.75) is 25.9 Å². The molecule has 1 rings (SSSR count). The van der Waals surface area contributed by atoms with Crippen LogP contribution in [0, 0.1) is 0 Å². The number of nitrogens with zero attached hydrogens (tertiary/aromatic N) is 1. The highest BCUT2D eigenvalue weighted by Crippen LogP contribution is 2.05. The molecule has 0 aromatic carbocycles. The molecule has 0 amide bonds. The highest BCUT2D eigenvalue weighted by molar-refractivity contribution is 5.79. The highest BCUT2D eigenvalue weighted by atomic mass is 16.5. The molecular formula is C9H15N3O2. The van der Waals surface area contributed by atoms with Gasteiger partial charge < -0.3 is 9.72 Å². The molecule has 5 heteroatoms. The topological polar surface area (TPSA) is 67.0 Å². The molecule has 0 bridgehead atoms. The normalized spacial score (nSPS) is 11.4. The molecule has 0 spiro atoms. The predicted octanol–water partition coefficient (Wildman–Crippen LogP) is 0.451. The van der Waals surface area contributed by atoms with Gasteiger partial charge >= 0.3 is 5.97 Å². The van der Waals surface area contributed by atoms with E-state index in [0.717, 1.165) is 5.82 Å². The summed E-state index contributed by atoms with van der Waals surface area (Å²) in [5, 5.41) is 3.04. The van der Waals surface area contributed by atoms with Gasteiger partial charge in [-0.1, -0.05) is 0 Å². The number of carbonyl (C=O) groups excluding carboxylic acids is 1. The van der Waals surface area contributed by atoms with E-state index in [4.69, 9.17) is 0 Å². The zero-order valence-electron chi connectivity index (χ0n) is 8.63. The van der Waals surface area contributed by atoms with Crippen LogP contribution in [0.5, 0.6) is 0 Å². The zero-order chi connectivity index (χ0) is 10.6. The van der Waals surface area contributed by atoms with Gasteiger partial charge in [-0.15, -0.1) is 0 Å². The van der Waals surface area contributed by atoms with E-state index < -0.39 is 5.54 Å². The molecule has 0 saturated heterocycles. The van der Waals surface area contributed by atoms with Crippen LogP contribution < -0.4 is 5.32 Å². The maximum atomic E-state index is 11.3. The first-order valence-corrected chi connectivity index (χ1v) is 4.38. The number of esters is 1. The molecule has 1 heterocycles. The monoisotopic (exact) mass is 197 g/mol. The van der Waals surface area contributed by atoms with Gasteiger partial charge in [-0.25, -0.2) is 4.98 Å². The lowest BCUT2D eigenvalue weighted by Crippen LogP contribution is -2.47. The zero-order valence-corrected chi connectivity index (χ0v) is 8.63. The Morgan fingerprint density at radius 3 is 2.93 bits per heavy atom. The van der Waals surface area contributed by atoms with E-state index in [-0.39, 0.29) is 5.97 Å². The third-order valence-electron chi connectivity index (χ3n) is 1.95. The maximum absolute atomic E-state index is 11.3. The third-order valence-corrected chi connectivity index (χ3v) is 1.95. The number of hydrogen-bond donors (Lipinski definition) is 2. The van der Waals surface area contributed by atoms with Gasteiger partial charge in [-0.3, -0.25) is 10.1 Å². The Balaban J connectivity index is 2.48. The lowest BCUT2D eigenvalue weighted by molar-refractivity contribution is -0.147.